The summed E-state index contributed by atoms with van der Waals surface area (Å²) in [5.41, 5.74) is 1.59. The number of methoxy groups -OCH3 is 2. The quantitative estimate of drug-likeness (QED) is 0.574. The Bertz CT molecular complexity index is 1160. The minimum absolute atomic E-state index is 0.116. The second kappa shape index (κ2) is 12.0. The Hall–Kier alpha value is -3.07. The summed E-state index contributed by atoms with van der Waals surface area (Å²) in [5.74, 6) is -0.0296. The molecule has 0 spiro atoms. The summed E-state index contributed by atoms with van der Waals surface area (Å²) in [6.07, 6.45) is 8.99. The first kappa shape index (κ1) is 28.5. The molecule has 1 aromatic rings. The lowest BCUT2D eigenvalue weighted by Crippen LogP contribution is -2.63. The number of carbonyl (C=O) groups excluding carboxylic acids is 2. The number of anilines is 1. The molecular formula is C28H35ClN2O6. The molecule has 200 valence electrons. The number of aliphatic hydroxyl groups is 1. The lowest BCUT2D eigenvalue weighted by molar-refractivity contribution is -0.138. The van der Waals surface area contributed by atoms with Crippen LogP contribution in [0.1, 0.15) is 32.8 Å². The van der Waals surface area contributed by atoms with Crippen molar-refractivity contribution >= 4 is 29.3 Å². The molecule has 0 radical (unpaired) electrons. The van der Waals surface area contributed by atoms with Gasteiger partial charge < -0.3 is 24.2 Å². The number of nitrogens with one attached hydrogen (secondary N) is 1. The fourth-order valence-electron chi connectivity index (χ4n) is 4.50. The number of carbonyl (C=O) groups is 2. The molecule has 1 saturated heterocycles. The van der Waals surface area contributed by atoms with E-state index in [1.807, 2.05) is 45.1 Å². The second-order valence-corrected chi connectivity index (χ2v) is 9.94. The smallest absolute Gasteiger partial charge is 0.409 e. The van der Waals surface area contributed by atoms with Crippen LogP contribution in [0.5, 0.6) is 5.75 Å². The summed E-state index contributed by atoms with van der Waals surface area (Å²) in [7, 11) is 4.67. The van der Waals surface area contributed by atoms with Crippen LogP contribution < -0.4 is 15.0 Å². The van der Waals surface area contributed by atoms with Crippen molar-refractivity contribution in [2.45, 2.75) is 51.5 Å². The summed E-state index contributed by atoms with van der Waals surface area (Å²) in [6.45, 7) is 5.70. The van der Waals surface area contributed by atoms with E-state index in [2.05, 4.69) is 5.32 Å². The van der Waals surface area contributed by atoms with E-state index in [4.69, 9.17) is 25.8 Å². The molecular weight excluding hydrogens is 496 g/mol. The first-order valence-corrected chi connectivity index (χ1v) is 12.4. The highest BCUT2D eigenvalue weighted by molar-refractivity contribution is 6.35. The number of benzene rings is 1. The number of allylic oxidation sites excluding steroid dienone is 5. The Balaban J connectivity index is 2.09. The molecule has 4 atom stereocenters. The van der Waals surface area contributed by atoms with E-state index in [1.54, 1.807) is 25.3 Å². The molecule has 1 fully saturated rings. The molecule has 2 aliphatic rings. The molecule has 37 heavy (non-hydrogen) atoms. The van der Waals surface area contributed by atoms with Crippen LogP contribution in [0.2, 0.25) is 5.02 Å². The number of halogens is 1. The Labute approximate surface area is 223 Å². The van der Waals surface area contributed by atoms with E-state index in [0.29, 0.717) is 22.9 Å². The van der Waals surface area contributed by atoms with Gasteiger partial charge in [-0.15, -0.1) is 0 Å². The minimum atomic E-state index is -1.65. The molecule has 8 nitrogen and oxygen atoms in total. The van der Waals surface area contributed by atoms with Gasteiger partial charge in [-0.3, -0.25) is 10.1 Å². The van der Waals surface area contributed by atoms with Gasteiger partial charge in [0.25, 0.3) is 5.91 Å². The Morgan fingerprint density at radius 3 is 2.62 bits per heavy atom. The molecule has 2 amide bonds. The third kappa shape index (κ3) is 6.83. The summed E-state index contributed by atoms with van der Waals surface area (Å²) < 4.78 is 16.5. The fourth-order valence-corrected chi connectivity index (χ4v) is 4.82. The van der Waals surface area contributed by atoms with Gasteiger partial charge in [0.1, 0.15) is 23.0 Å². The summed E-state index contributed by atoms with van der Waals surface area (Å²) in [5, 5.41) is 14.2. The highest BCUT2D eigenvalue weighted by Gasteiger charge is 2.45. The van der Waals surface area contributed by atoms with Crippen molar-refractivity contribution in [1.29, 1.82) is 0 Å². The maximum Gasteiger partial charge on any atom is 0.409 e. The van der Waals surface area contributed by atoms with Gasteiger partial charge in [-0.05, 0) is 38.0 Å². The van der Waals surface area contributed by atoms with Crippen molar-refractivity contribution in [3.05, 3.63) is 70.3 Å². The maximum atomic E-state index is 13.0. The maximum absolute atomic E-state index is 13.0. The number of alkyl carbamates (subject to hydrolysis) is 1. The van der Waals surface area contributed by atoms with Gasteiger partial charge in [-0.2, -0.15) is 0 Å². The molecule has 0 aliphatic carbocycles. The van der Waals surface area contributed by atoms with Gasteiger partial charge in [0.15, 0.2) is 5.72 Å². The minimum Gasteiger partial charge on any atom is -0.495 e. The first-order chi connectivity index (χ1) is 17.5. The highest BCUT2D eigenvalue weighted by Crippen LogP contribution is 2.36. The molecule has 2 aliphatic heterocycles. The van der Waals surface area contributed by atoms with Gasteiger partial charge >= 0.3 is 6.09 Å². The number of hydrogen-bond acceptors (Lipinski definition) is 6. The molecule has 2 heterocycles. The van der Waals surface area contributed by atoms with Crippen molar-refractivity contribution in [2.24, 2.45) is 5.92 Å². The van der Waals surface area contributed by atoms with Crippen molar-refractivity contribution < 1.29 is 28.9 Å². The first-order valence-electron chi connectivity index (χ1n) is 12.1. The molecule has 0 saturated carbocycles. The van der Waals surface area contributed by atoms with Gasteiger partial charge in [-0.25, -0.2) is 4.79 Å². The zero-order valence-corrected chi connectivity index (χ0v) is 22.8. The largest absolute Gasteiger partial charge is 0.495 e. The van der Waals surface area contributed by atoms with E-state index in [-0.39, 0.29) is 18.2 Å². The van der Waals surface area contributed by atoms with Crippen LogP contribution >= 0.6 is 11.6 Å². The van der Waals surface area contributed by atoms with E-state index in [1.165, 1.54) is 25.2 Å². The molecule has 0 aromatic heterocycles. The molecule has 1 aromatic carbocycles. The van der Waals surface area contributed by atoms with Gasteiger partial charge in [0.05, 0.1) is 12.8 Å². The number of amides is 2. The van der Waals surface area contributed by atoms with Crippen LogP contribution in [0.4, 0.5) is 10.5 Å². The van der Waals surface area contributed by atoms with Crippen LogP contribution in [0.25, 0.3) is 0 Å². The number of rotatable bonds is 2. The van der Waals surface area contributed by atoms with Gasteiger partial charge in [-0.1, -0.05) is 60.1 Å². The lowest BCUT2D eigenvalue weighted by atomic mass is 9.89. The van der Waals surface area contributed by atoms with E-state index in [9.17, 15) is 14.7 Å². The van der Waals surface area contributed by atoms with Gasteiger partial charge in [0.2, 0.25) is 0 Å². The van der Waals surface area contributed by atoms with Crippen LogP contribution in [0.15, 0.2) is 59.7 Å². The Morgan fingerprint density at radius 2 is 1.95 bits per heavy atom. The fraction of sp³-hybridized carbons (Fsp3) is 0.429. The van der Waals surface area contributed by atoms with Crippen LogP contribution in [0.3, 0.4) is 0 Å². The van der Waals surface area contributed by atoms with E-state index >= 15 is 0 Å². The standard InChI is InChI=1S/C28H35ClN2O6/c1-17-8-7-9-24(36-6)28(34)16-23(37-27(33)30-28)19(3)12-18(2)10-11-25(32)31(4)21-14-20(13-17)15-22(35-5)26(21)29/h7-12,14-15,19,23-24,34H,13,16H2,1-6H3,(H,30,33)/b9-7-,11-10-,17-8-,18-12-/t19-,23-,24+,28-/m0/s1. The second-order valence-electron chi connectivity index (χ2n) is 9.56. The Morgan fingerprint density at radius 1 is 1.22 bits per heavy atom. The average Bonchev–Trinajstić information content (AvgIpc) is 2.84. The molecule has 0 unspecified atom stereocenters. The van der Waals surface area contributed by atoms with Crippen molar-refractivity contribution in [1.82, 2.24) is 5.32 Å². The summed E-state index contributed by atoms with van der Waals surface area (Å²) in [4.78, 5) is 26.8. The summed E-state index contributed by atoms with van der Waals surface area (Å²) in [6, 6.07) is 3.71. The normalized spacial score (nSPS) is 31.8. The Kier molecular flexibility index (Phi) is 9.23. The zero-order chi connectivity index (χ0) is 27.3. The number of nitrogens with zero attached hydrogens (tertiary/aromatic N) is 1. The van der Waals surface area contributed by atoms with Crippen molar-refractivity contribution in [3.8, 4) is 5.75 Å². The highest BCUT2D eigenvalue weighted by atomic mass is 35.5. The molecule has 2 N–H and O–H groups in total. The number of ether oxygens (including phenoxy) is 3. The third-order valence-corrected chi connectivity index (χ3v) is 6.94. The SMILES string of the molecule is COc1cc2cc(c1Cl)N(C)C(=O)/C=C\C(C)=C/[C@H](C)[C@@H]1C[C@@](O)(NC(=O)O1)[C@H](OC)/C=C\C=C(\C)C2. The monoisotopic (exact) mass is 530 g/mol. The lowest BCUT2D eigenvalue weighted by Gasteiger charge is -2.41. The van der Waals surface area contributed by atoms with Crippen LogP contribution in [0, 0.1) is 5.92 Å². The van der Waals surface area contributed by atoms with Crippen molar-refractivity contribution in [3.63, 3.8) is 0 Å². The topological polar surface area (TPSA) is 97.3 Å². The van der Waals surface area contributed by atoms with Gasteiger partial charge in [0, 0.05) is 32.6 Å². The predicted octanol–water partition coefficient (Wildman–Crippen LogP) is 4.71. The number of fused-ring (bicyclic) bond motifs is 4. The van der Waals surface area contributed by atoms with Crippen molar-refractivity contribution in [2.75, 3.05) is 26.2 Å². The summed E-state index contributed by atoms with van der Waals surface area (Å²) >= 11 is 6.56. The van der Waals surface area contributed by atoms with E-state index < -0.39 is 24.0 Å². The van der Waals surface area contributed by atoms with E-state index in [0.717, 1.165) is 16.7 Å². The molecule has 3 rings (SSSR count). The predicted molar refractivity (Wildman–Crippen MR) is 144 cm³/mol. The molecule has 9 heteroatoms. The molecule has 4 bridgehead atoms. The average molecular weight is 531 g/mol. The zero-order valence-electron chi connectivity index (χ0n) is 22.1. The number of hydrogen-bond donors (Lipinski definition) is 2. The van der Waals surface area contributed by atoms with Crippen LogP contribution in [-0.2, 0) is 20.7 Å². The third-order valence-electron chi connectivity index (χ3n) is 6.56. The van der Waals surface area contributed by atoms with Crippen LogP contribution in [-0.4, -0.2) is 56.3 Å². The number of likely N-dealkylation sites (N-methyl/N-ethyl adjacent to an activating group) is 1.